The van der Waals surface area contributed by atoms with Gasteiger partial charge in [-0.1, -0.05) is 0 Å². The Morgan fingerprint density at radius 2 is 2.15 bits per heavy atom. The lowest BCUT2D eigenvalue weighted by atomic mass is 10.1. The van der Waals surface area contributed by atoms with Gasteiger partial charge in [-0.05, 0) is 19.9 Å². The molecule has 1 aliphatic rings. The van der Waals surface area contributed by atoms with Crippen LogP contribution in [0.15, 0.2) is 24.7 Å². The van der Waals surface area contributed by atoms with Crippen molar-refractivity contribution in [3.8, 4) is 11.4 Å². The predicted molar refractivity (Wildman–Crippen MR) is 100 cm³/mol. The monoisotopic (exact) mass is 370 g/mol. The highest BCUT2D eigenvalue weighted by Gasteiger charge is 2.30. The van der Waals surface area contributed by atoms with Gasteiger partial charge >= 0.3 is 6.09 Å². The van der Waals surface area contributed by atoms with Gasteiger partial charge in [0.15, 0.2) is 11.6 Å². The van der Waals surface area contributed by atoms with Crippen LogP contribution in [-0.2, 0) is 16.1 Å². The number of anilines is 2. The summed E-state index contributed by atoms with van der Waals surface area (Å²) < 4.78 is 4.61. The van der Waals surface area contributed by atoms with E-state index in [0.717, 1.165) is 11.1 Å². The molecule has 0 saturated heterocycles. The van der Waals surface area contributed by atoms with Crippen LogP contribution in [0.25, 0.3) is 11.4 Å². The lowest BCUT2D eigenvalue weighted by molar-refractivity contribution is -0.117. The average Bonchev–Trinajstić information content (AvgIpc) is 2.68. The molecule has 9 heteroatoms. The molecule has 2 aromatic rings. The number of hydrogen-bond acceptors (Lipinski definition) is 7. The fourth-order valence-electron chi connectivity index (χ4n) is 2.86. The summed E-state index contributed by atoms with van der Waals surface area (Å²) in [5, 5.41) is 2.64. The Morgan fingerprint density at radius 3 is 2.85 bits per heavy atom. The van der Waals surface area contributed by atoms with E-state index in [-0.39, 0.29) is 25.0 Å². The Morgan fingerprint density at radius 1 is 1.37 bits per heavy atom. The minimum absolute atomic E-state index is 0.000529. The van der Waals surface area contributed by atoms with E-state index in [1.165, 1.54) is 7.11 Å². The number of aromatic nitrogens is 3. The molecule has 0 aromatic carbocycles. The van der Waals surface area contributed by atoms with Crippen molar-refractivity contribution in [2.24, 2.45) is 0 Å². The number of carbonyl (C=O) groups excluding carboxylic acids is 2. The average molecular weight is 370 g/mol. The van der Waals surface area contributed by atoms with Gasteiger partial charge in [-0.2, -0.15) is 0 Å². The topological polar surface area (TPSA) is 101 Å². The van der Waals surface area contributed by atoms with E-state index in [4.69, 9.17) is 4.98 Å². The lowest BCUT2D eigenvalue weighted by Gasteiger charge is -2.36. The van der Waals surface area contributed by atoms with Gasteiger partial charge in [-0.25, -0.2) is 14.8 Å². The zero-order chi connectivity index (χ0) is 19.6. The third-order valence-corrected chi connectivity index (χ3v) is 4.44. The molecular formula is C18H22N6O3. The number of alkyl carbamates (subject to hydrolysis) is 1. The third-order valence-electron chi connectivity index (χ3n) is 4.44. The summed E-state index contributed by atoms with van der Waals surface area (Å²) in [5.41, 5.74) is 2.19. The number of nitrogens with one attached hydrogen (secondary N) is 1. The summed E-state index contributed by atoms with van der Waals surface area (Å²) in [5.74, 6) is 1.21. The van der Waals surface area contributed by atoms with Gasteiger partial charge in [0.05, 0.1) is 19.9 Å². The van der Waals surface area contributed by atoms with E-state index in [1.54, 1.807) is 36.6 Å². The second-order valence-electron chi connectivity index (χ2n) is 6.45. The zero-order valence-corrected chi connectivity index (χ0v) is 15.8. The van der Waals surface area contributed by atoms with Crippen LogP contribution in [0.5, 0.6) is 0 Å². The van der Waals surface area contributed by atoms with Crippen molar-refractivity contribution in [2.45, 2.75) is 26.4 Å². The summed E-state index contributed by atoms with van der Waals surface area (Å²) in [6, 6.07) is 1.91. The molecule has 0 unspecified atom stereocenters. The van der Waals surface area contributed by atoms with Crippen molar-refractivity contribution in [1.29, 1.82) is 0 Å². The molecule has 0 saturated carbocycles. The molecule has 2 amide bonds. The van der Waals surface area contributed by atoms with Crippen molar-refractivity contribution in [2.75, 3.05) is 30.5 Å². The maximum absolute atomic E-state index is 12.2. The summed E-state index contributed by atoms with van der Waals surface area (Å²) in [6.07, 6.45) is 4.43. The number of ether oxygens (including phenoxy) is 1. The van der Waals surface area contributed by atoms with Crippen molar-refractivity contribution >= 4 is 23.5 Å². The number of hydrogen-bond donors (Lipinski definition) is 1. The highest BCUT2D eigenvalue weighted by molar-refractivity contribution is 6.02. The molecule has 2 aromatic heterocycles. The molecule has 3 rings (SSSR count). The maximum Gasteiger partial charge on any atom is 0.407 e. The molecule has 0 radical (unpaired) electrons. The van der Waals surface area contributed by atoms with E-state index >= 15 is 0 Å². The molecule has 1 N–H and O–H groups in total. The van der Waals surface area contributed by atoms with E-state index in [2.05, 4.69) is 20.0 Å². The zero-order valence-electron chi connectivity index (χ0n) is 15.8. The number of carbonyl (C=O) groups is 2. The van der Waals surface area contributed by atoms with Crippen LogP contribution in [0.4, 0.5) is 16.3 Å². The van der Waals surface area contributed by atoms with Crippen LogP contribution in [0, 0.1) is 0 Å². The van der Waals surface area contributed by atoms with Gasteiger partial charge in [-0.3, -0.25) is 9.78 Å². The SMILES string of the molecule is COC(=O)NCc1cnccc1-c1ncc2c(n1)N(C(C)C)CC(=O)N2C. The van der Waals surface area contributed by atoms with Crippen LogP contribution in [-0.4, -0.2) is 53.7 Å². The number of methoxy groups -OCH3 is 1. The number of likely N-dealkylation sites (N-methyl/N-ethyl adjacent to an activating group) is 1. The quantitative estimate of drug-likeness (QED) is 0.872. The second kappa shape index (κ2) is 7.56. The van der Waals surface area contributed by atoms with Gasteiger partial charge in [0.1, 0.15) is 5.69 Å². The molecule has 0 bridgehead atoms. The Balaban J connectivity index is 2.01. The second-order valence-corrected chi connectivity index (χ2v) is 6.45. The molecule has 0 atom stereocenters. The predicted octanol–water partition coefficient (Wildman–Crippen LogP) is 1.59. The van der Waals surface area contributed by atoms with Gasteiger partial charge in [-0.15, -0.1) is 0 Å². The highest BCUT2D eigenvalue weighted by atomic mass is 16.5. The summed E-state index contributed by atoms with van der Waals surface area (Å²) in [4.78, 5) is 40.4. The van der Waals surface area contributed by atoms with Crippen LogP contribution in [0.1, 0.15) is 19.4 Å². The number of pyridine rings is 1. The van der Waals surface area contributed by atoms with Gasteiger partial charge in [0, 0.05) is 43.2 Å². The Kier molecular flexibility index (Phi) is 5.20. The fraction of sp³-hybridized carbons (Fsp3) is 0.389. The Labute approximate surface area is 157 Å². The largest absolute Gasteiger partial charge is 0.453 e. The molecule has 9 nitrogen and oxygen atoms in total. The molecule has 0 fully saturated rings. The first kappa shape index (κ1) is 18.6. The standard InChI is InChI=1S/C18H22N6O3/c1-11(2)24-10-15(25)23(3)14-9-20-16(22-17(14)24)13-5-6-19-7-12(13)8-21-18(26)27-4/h5-7,9,11H,8,10H2,1-4H3,(H,21,26). The number of nitrogens with zero attached hydrogens (tertiary/aromatic N) is 5. The Bertz CT molecular complexity index is 870. The van der Waals surface area contributed by atoms with E-state index in [0.29, 0.717) is 17.3 Å². The minimum Gasteiger partial charge on any atom is -0.453 e. The molecule has 27 heavy (non-hydrogen) atoms. The number of amides is 2. The molecular weight excluding hydrogens is 348 g/mol. The van der Waals surface area contributed by atoms with Gasteiger partial charge in [0.25, 0.3) is 0 Å². The first-order valence-electron chi connectivity index (χ1n) is 8.57. The normalized spacial score (nSPS) is 13.6. The van der Waals surface area contributed by atoms with Crippen LogP contribution >= 0.6 is 0 Å². The van der Waals surface area contributed by atoms with Crippen molar-refractivity contribution < 1.29 is 14.3 Å². The summed E-state index contributed by atoms with van der Waals surface area (Å²) in [7, 11) is 3.03. The smallest absolute Gasteiger partial charge is 0.407 e. The van der Waals surface area contributed by atoms with Crippen LogP contribution in [0.2, 0.25) is 0 Å². The molecule has 3 heterocycles. The lowest BCUT2D eigenvalue weighted by Crippen LogP contribution is -2.47. The summed E-state index contributed by atoms with van der Waals surface area (Å²) >= 11 is 0. The Hall–Kier alpha value is -3.23. The highest BCUT2D eigenvalue weighted by Crippen LogP contribution is 2.33. The van der Waals surface area contributed by atoms with E-state index in [9.17, 15) is 9.59 Å². The van der Waals surface area contributed by atoms with Crippen LogP contribution in [0.3, 0.4) is 0 Å². The van der Waals surface area contributed by atoms with Gasteiger partial charge < -0.3 is 19.9 Å². The molecule has 0 spiro atoms. The number of fused-ring (bicyclic) bond motifs is 1. The van der Waals surface area contributed by atoms with Crippen LogP contribution < -0.4 is 15.1 Å². The number of rotatable bonds is 4. The van der Waals surface area contributed by atoms with Crippen molar-refractivity contribution in [3.05, 3.63) is 30.2 Å². The maximum atomic E-state index is 12.2. The first-order valence-corrected chi connectivity index (χ1v) is 8.57. The molecule has 142 valence electrons. The fourth-order valence-corrected chi connectivity index (χ4v) is 2.86. The molecule has 0 aliphatic carbocycles. The van der Waals surface area contributed by atoms with Crippen molar-refractivity contribution in [1.82, 2.24) is 20.3 Å². The molecule has 1 aliphatic heterocycles. The minimum atomic E-state index is -0.526. The van der Waals surface area contributed by atoms with Crippen molar-refractivity contribution in [3.63, 3.8) is 0 Å². The first-order chi connectivity index (χ1) is 12.9. The van der Waals surface area contributed by atoms with E-state index in [1.807, 2.05) is 18.7 Å². The van der Waals surface area contributed by atoms with E-state index < -0.39 is 6.09 Å². The third kappa shape index (κ3) is 3.67. The van der Waals surface area contributed by atoms with Gasteiger partial charge in [0.2, 0.25) is 5.91 Å². The summed E-state index contributed by atoms with van der Waals surface area (Å²) in [6.45, 7) is 4.54.